The topological polar surface area (TPSA) is 106 Å². The van der Waals surface area contributed by atoms with Crippen molar-refractivity contribution in [3.63, 3.8) is 0 Å². The van der Waals surface area contributed by atoms with Gasteiger partial charge in [-0.2, -0.15) is 5.10 Å². The lowest BCUT2D eigenvalue weighted by atomic mass is 10.0. The number of amides is 2. The van der Waals surface area contributed by atoms with Gasteiger partial charge in [0.05, 0.1) is 59.1 Å². The molecule has 40 heavy (non-hydrogen) atoms. The standard InChI is InChI=1S/C27H21ClF3N7O2/c1-13-4-15(33-9-22(13)38-10-14-5-18(14)27(38)40)11-37-12-16(6-34-37)35-26(39)21-8-32-7-20(36-21)23-17(25(30)31)2-3-19(28)24(23)29/h2-4,6-9,12,14,18,25H,5,10-11H2,1H3,(H,35,39)/t14-,18-/m1/s1. The number of carbonyl (C=O) groups is 2. The van der Waals surface area contributed by atoms with Crippen LogP contribution in [0.3, 0.4) is 0 Å². The number of pyridine rings is 1. The van der Waals surface area contributed by atoms with Gasteiger partial charge in [-0.25, -0.2) is 18.2 Å². The first-order valence-electron chi connectivity index (χ1n) is 12.4. The van der Waals surface area contributed by atoms with Crippen LogP contribution in [0.1, 0.15) is 40.2 Å². The molecule has 0 spiro atoms. The maximum Gasteiger partial charge on any atom is 0.275 e. The van der Waals surface area contributed by atoms with Crippen molar-refractivity contribution in [2.75, 3.05) is 16.8 Å². The highest BCUT2D eigenvalue weighted by molar-refractivity contribution is 6.31. The number of nitrogens with zero attached hydrogens (tertiary/aromatic N) is 6. The van der Waals surface area contributed by atoms with E-state index < -0.39 is 29.3 Å². The molecule has 9 nitrogen and oxygen atoms in total. The van der Waals surface area contributed by atoms with E-state index in [-0.39, 0.29) is 28.2 Å². The summed E-state index contributed by atoms with van der Waals surface area (Å²) >= 11 is 5.79. The van der Waals surface area contributed by atoms with E-state index in [4.69, 9.17) is 11.6 Å². The molecule has 13 heteroatoms. The molecule has 0 unspecified atom stereocenters. The first-order chi connectivity index (χ1) is 19.2. The molecule has 2 aliphatic rings. The van der Waals surface area contributed by atoms with Crippen LogP contribution in [0.4, 0.5) is 24.5 Å². The Morgan fingerprint density at radius 3 is 2.77 bits per heavy atom. The molecule has 2 amide bonds. The molecule has 4 heterocycles. The Morgan fingerprint density at radius 1 is 1.23 bits per heavy atom. The molecule has 204 valence electrons. The molecule has 2 fully saturated rings. The Hall–Kier alpha value is -4.32. The lowest BCUT2D eigenvalue weighted by Crippen LogP contribution is -2.28. The molecule has 6 rings (SSSR count). The molecule has 1 N–H and O–H groups in total. The fraction of sp³-hybridized carbons (Fsp3) is 0.259. The lowest BCUT2D eigenvalue weighted by molar-refractivity contribution is -0.118. The molecule has 2 atom stereocenters. The maximum absolute atomic E-state index is 14.7. The van der Waals surface area contributed by atoms with Crippen LogP contribution >= 0.6 is 11.6 Å². The van der Waals surface area contributed by atoms with Crippen molar-refractivity contribution in [1.29, 1.82) is 0 Å². The fourth-order valence-electron chi connectivity index (χ4n) is 4.95. The van der Waals surface area contributed by atoms with Gasteiger partial charge in [-0.15, -0.1) is 0 Å². The van der Waals surface area contributed by atoms with E-state index in [2.05, 4.69) is 25.4 Å². The zero-order chi connectivity index (χ0) is 28.1. The zero-order valence-electron chi connectivity index (χ0n) is 21.0. The number of aryl methyl sites for hydroxylation is 1. The third kappa shape index (κ3) is 4.79. The van der Waals surface area contributed by atoms with Gasteiger partial charge in [0.1, 0.15) is 5.69 Å². The third-order valence-electron chi connectivity index (χ3n) is 7.05. The summed E-state index contributed by atoms with van der Waals surface area (Å²) in [6.07, 6.45) is 4.92. The predicted octanol–water partition coefficient (Wildman–Crippen LogP) is 5.06. The highest BCUT2D eigenvalue weighted by Crippen LogP contribution is 2.47. The van der Waals surface area contributed by atoms with E-state index in [1.807, 2.05) is 13.0 Å². The monoisotopic (exact) mass is 567 g/mol. The average molecular weight is 568 g/mol. The summed E-state index contributed by atoms with van der Waals surface area (Å²) in [6, 6.07) is 3.94. The van der Waals surface area contributed by atoms with Crippen molar-refractivity contribution < 1.29 is 22.8 Å². The van der Waals surface area contributed by atoms with Gasteiger partial charge in [-0.3, -0.25) is 24.2 Å². The van der Waals surface area contributed by atoms with Gasteiger partial charge in [0, 0.05) is 29.8 Å². The van der Waals surface area contributed by atoms with Gasteiger partial charge in [0.25, 0.3) is 12.3 Å². The second-order valence-electron chi connectivity index (χ2n) is 9.81. The van der Waals surface area contributed by atoms with E-state index in [1.54, 1.807) is 22.0 Å². The smallest absolute Gasteiger partial charge is 0.275 e. The molecular weight excluding hydrogens is 547 g/mol. The van der Waals surface area contributed by atoms with Gasteiger partial charge >= 0.3 is 0 Å². The van der Waals surface area contributed by atoms with E-state index in [0.717, 1.165) is 54.4 Å². The number of aromatic nitrogens is 5. The lowest BCUT2D eigenvalue weighted by Gasteiger charge is -2.20. The van der Waals surface area contributed by atoms with Gasteiger partial charge in [-0.1, -0.05) is 17.7 Å². The summed E-state index contributed by atoms with van der Waals surface area (Å²) in [5.74, 6) is -0.976. The predicted molar refractivity (Wildman–Crippen MR) is 140 cm³/mol. The molecule has 1 saturated heterocycles. The number of alkyl halides is 2. The van der Waals surface area contributed by atoms with Crippen LogP contribution in [0.25, 0.3) is 11.3 Å². The van der Waals surface area contributed by atoms with Crippen molar-refractivity contribution in [3.8, 4) is 11.3 Å². The van der Waals surface area contributed by atoms with Crippen LogP contribution < -0.4 is 10.2 Å². The maximum atomic E-state index is 14.7. The summed E-state index contributed by atoms with van der Waals surface area (Å²) in [5.41, 5.74) is 1.21. The van der Waals surface area contributed by atoms with Gasteiger partial charge in [-0.05, 0) is 37.0 Å². The van der Waals surface area contributed by atoms with E-state index in [9.17, 15) is 22.8 Å². The Labute approximate surface area is 231 Å². The van der Waals surface area contributed by atoms with Crippen LogP contribution in [-0.4, -0.2) is 43.1 Å². The number of piperidine rings is 1. The van der Waals surface area contributed by atoms with Gasteiger partial charge < -0.3 is 10.2 Å². The summed E-state index contributed by atoms with van der Waals surface area (Å²) in [6.45, 7) is 2.99. The molecule has 1 saturated carbocycles. The quantitative estimate of drug-likeness (QED) is 0.335. The summed E-state index contributed by atoms with van der Waals surface area (Å²) in [7, 11) is 0. The van der Waals surface area contributed by atoms with Crippen molar-refractivity contribution >= 4 is 34.8 Å². The molecule has 1 aliphatic heterocycles. The zero-order valence-corrected chi connectivity index (χ0v) is 21.7. The average Bonchev–Trinajstić information content (AvgIpc) is 3.46. The number of nitrogens with one attached hydrogen (secondary N) is 1. The Kier molecular flexibility index (Phi) is 6.49. The second kappa shape index (κ2) is 10.0. The van der Waals surface area contributed by atoms with Crippen molar-refractivity contribution in [1.82, 2.24) is 24.7 Å². The summed E-state index contributed by atoms with van der Waals surface area (Å²) < 4.78 is 43.3. The van der Waals surface area contributed by atoms with Crippen LogP contribution in [0.2, 0.25) is 5.02 Å². The Balaban J connectivity index is 1.15. The number of rotatable bonds is 7. The normalized spacial score (nSPS) is 17.9. The van der Waals surface area contributed by atoms with E-state index in [1.165, 1.54) is 6.20 Å². The van der Waals surface area contributed by atoms with Crippen LogP contribution in [-0.2, 0) is 11.3 Å². The van der Waals surface area contributed by atoms with Crippen molar-refractivity contribution in [2.45, 2.75) is 26.3 Å². The Morgan fingerprint density at radius 2 is 2.05 bits per heavy atom. The van der Waals surface area contributed by atoms with Gasteiger partial charge in [0.2, 0.25) is 5.91 Å². The highest BCUT2D eigenvalue weighted by Gasteiger charge is 2.52. The van der Waals surface area contributed by atoms with Crippen LogP contribution in [0.5, 0.6) is 0 Å². The second-order valence-corrected chi connectivity index (χ2v) is 10.2. The minimum atomic E-state index is -2.99. The minimum Gasteiger partial charge on any atom is -0.318 e. The molecule has 4 aromatic rings. The molecule has 1 aliphatic carbocycles. The molecule has 1 aromatic carbocycles. The molecule has 3 aromatic heterocycles. The number of anilines is 2. The largest absolute Gasteiger partial charge is 0.318 e. The van der Waals surface area contributed by atoms with E-state index in [0.29, 0.717) is 18.2 Å². The Bertz CT molecular complexity index is 1660. The first kappa shape index (κ1) is 25.9. The number of hydrogen-bond acceptors (Lipinski definition) is 6. The number of halogens is 4. The van der Waals surface area contributed by atoms with Crippen LogP contribution in [0, 0.1) is 24.6 Å². The third-order valence-corrected chi connectivity index (χ3v) is 7.35. The minimum absolute atomic E-state index is 0.164. The van der Waals surface area contributed by atoms with Gasteiger partial charge in [0.15, 0.2) is 5.82 Å². The summed E-state index contributed by atoms with van der Waals surface area (Å²) in [5, 5.41) is 6.51. The molecular formula is C27H21ClF3N7O2. The van der Waals surface area contributed by atoms with Crippen molar-refractivity contribution in [2.24, 2.45) is 11.8 Å². The fourth-order valence-corrected chi connectivity index (χ4v) is 5.11. The SMILES string of the molecule is Cc1cc(Cn2cc(NC(=O)c3cncc(-c4c(C(F)F)ccc(Cl)c4F)n3)cn2)ncc1N1C[C@H]2C[C@H]2C1=O. The first-order valence-corrected chi connectivity index (χ1v) is 12.8. The number of carbonyl (C=O) groups excluding carboxylic acids is 2. The van der Waals surface area contributed by atoms with Crippen LogP contribution in [0.15, 0.2) is 49.2 Å². The summed E-state index contributed by atoms with van der Waals surface area (Å²) in [4.78, 5) is 39.5. The highest BCUT2D eigenvalue weighted by atomic mass is 35.5. The van der Waals surface area contributed by atoms with E-state index >= 15 is 0 Å². The number of fused-ring (bicyclic) bond motifs is 1. The number of benzene rings is 1. The molecule has 0 bridgehead atoms. The molecule has 0 radical (unpaired) electrons. The number of hydrogen-bond donors (Lipinski definition) is 1. The van der Waals surface area contributed by atoms with Crippen molar-refractivity contribution in [3.05, 3.63) is 82.5 Å².